The van der Waals surface area contributed by atoms with E-state index < -0.39 is 0 Å². The van der Waals surface area contributed by atoms with Gasteiger partial charge in [0.2, 0.25) is 0 Å². The van der Waals surface area contributed by atoms with E-state index in [1.165, 1.54) is 0 Å². The fraction of sp³-hybridized carbons (Fsp3) is 0.500. The maximum Gasteiger partial charge on any atom is 0.272 e. The molecule has 0 fully saturated rings. The summed E-state index contributed by atoms with van der Waals surface area (Å²) >= 11 is 3.40. The molecular formula is C14H20BrN5O. The number of halogens is 1. The van der Waals surface area contributed by atoms with Crippen molar-refractivity contribution in [1.29, 1.82) is 0 Å². The van der Waals surface area contributed by atoms with Gasteiger partial charge >= 0.3 is 0 Å². The lowest BCUT2D eigenvalue weighted by Gasteiger charge is -2.05. The lowest BCUT2D eigenvalue weighted by molar-refractivity contribution is 0.0946. The molecule has 0 radical (unpaired) electrons. The lowest BCUT2D eigenvalue weighted by Crippen LogP contribution is -2.26. The molecule has 7 heteroatoms. The molecule has 6 nitrogen and oxygen atoms in total. The van der Waals surface area contributed by atoms with E-state index >= 15 is 0 Å². The van der Waals surface area contributed by atoms with Crippen LogP contribution in [0, 0.1) is 20.8 Å². The van der Waals surface area contributed by atoms with Crippen molar-refractivity contribution in [3.63, 3.8) is 0 Å². The molecule has 0 spiro atoms. The van der Waals surface area contributed by atoms with Crippen molar-refractivity contribution in [2.24, 2.45) is 7.05 Å². The van der Waals surface area contributed by atoms with Gasteiger partial charge in [-0.1, -0.05) is 0 Å². The van der Waals surface area contributed by atoms with Crippen LogP contribution >= 0.6 is 15.9 Å². The number of aryl methyl sites for hydroxylation is 4. The van der Waals surface area contributed by atoms with Crippen molar-refractivity contribution >= 4 is 21.8 Å². The minimum absolute atomic E-state index is 0.154. The van der Waals surface area contributed by atoms with Crippen molar-refractivity contribution in [2.75, 3.05) is 6.54 Å². The molecule has 1 N–H and O–H groups in total. The largest absolute Gasteiger partial charge is 0.351 e. The molecule has 2 heterocycles. The third kappa shape index (κ3) is 3.53. The molecule has 0 aliphatic carbocycles. The average Bonchev–Trinajstić information content (AvgIpc) is 2.88. The Morgan fingerprint density at radius 3 is 2.57 bits per heavy atom. The van der Waals surface area contributed by atoms with Crippen LogP contribution in [0.4, 0.5) is 0 Å². The third-order valence-corrected chi connectivity index (χ3v) is 4.36. The molecule has 2 rings (SSSR count). The highest BCUT2D eigenvalue weighted by atomic mass is 79.9. The maximum atomic E-state index is 12.1. The summed E-state index contributed by atoms with van der Waals surface area (Å²) in [5, 5.41) is 11.5. The van der Waals surface area contributed by atoms with Crippen molar-refractivity contribution < 1.29 is 4.79 Å². The first kappa shape index (κ1) is 15.8. The van der Waals surface area contributed by atoms with Gasteiger partial charge < -0.3 is 5.32 Å². The Morgan fingerprint density at radius 2 is 2.05 bits per heavy atom. The van der Waals surface area contributed by atoms with Gasteiger partial charge in [-0.25, -0.2) is 0 Å². The van der Waals surface area contributed by atoms with Crippen LogP contribution in [0.5, 0.6) is 0 Å². The summed E-state index contributed by atoms with van der Waals surface area (Å²) in [4.78, 5) is 12.1. The molecule has 0 aliphatic heterocycles. The molecule has 0 aliphatic rings. The summed E-state index contributed by atoms with van der Waals surface area (Å²) in [6.07, 6.45) is 0.830. The average molecular weight is 354 g/mol. The number of aromatic nitrogens is 4. The van der Waals surface area contributed by atoms with Crippen LogP contribution in [0.15, 0.2) is 10.5 Å². The second-order valence-corrected chi connectivity index (χ2v) is 5.92. The highest BCUT2D eigenvalue weighted by molar-refractivity contribution is 9.10. The number of amides is 1. The van der Waals surface area contributed by atoms with E-state index in [-0.39, 0.29) is 5.91 Å². The van der Waals surface area contributed by atoms with Crippen LogP contribution in [0.25, 0.3) is 0 Å². The Hall–Kier alpha value is -1.63. The van der Waals surface area contributed by atoms with E-state index in [0.29, 0.717) is 12.2 Å². The van der Waals surface area contributed by atoms with E-state index in [1.807, 2.05) is 38.6 Å². The monoisotopic (exact) mass is 353 g/mol. The van der Waals surface area contributed by atoms with Crippen LogP contribution in [-0.4, -0.2) is 32.0 Å². The molecule has 2 aromatic heterocycles. The van der Waals surface area contributed by atoms with Gasteiger partial charge in [0.1, 0.15) is 0 Å². The summed E-state index contributed by atoms with van der Waals surface area (Å²) in [5.74, 6) is -0.154. The Labute approximate surface area is 132 Å². The van der Waals surface area contributed by atoms with Crippen molar-refractivity contribution in [1.82, 2.24) is 24.9 Å². The smallest absolute Gasteiger partial charge is 0.272 e. The number of carbonyl (C=O) groups is 1. The van der Waals surface area contributed by atoms with E-state index in [4.69, 9.17) is 0 Å². The second-order valence-electron chi connectivity index (χ2n) is 5.13. The van der Waals surface area contributed by atoms with Gasteiger partial charge in [0.05, 0.1) is 15.9 Å². The molecule has 0 bridgehead atoms. The Bertz CT molecular complexity index is 659. The number of carbonyl (C=O) groups excluding carboxylic acids is 1. The minimum atomic E-state index is -0.154. The zero-order chi connectivity index (χ0) is 15.6. The zero-order valence-electron chi connectivity index (χ0n) is 12.8. The van der Waals surface area contributed by atoms with Crippen molar-refractivity contribution in [2.45, 2.75) is 33.7 Å². The fourth-order valence-corrected chi connectivity index (χ4v) is 2.66. The second kappa shape index (κ2) is 6.43. The molecule has 0 saturated carbocycles. The van der Waals surface area contributed by atoms with Gasteiger partial charge in [0, 0.05) is 25.8 Å². The van der Waals surface area contributed by atoms with Gasteiger partial charge in [-0.15, -0.1) is 0 Å². The number of hydrogen-bond donors (Lipinski definition) is 1. The third-order valence-electron chi connectivity index (χ3n) is 3.41. The standard InChI is InChI=1S/C14H20BrN5O/c1-9-8-10(2)20(17-9)7-5-6-16-14(21)13-12(15)11(3)19(4)18-13/h8H,5-7H2,1-4H3,(H,16,21). The van der Waals surface area contributed by atoms with Gasteiger partial charge in [-0.05, 0) is 49.2 Å². The quantitative estimate of drug-likeness (QED) is 0.837. The molecule has 2 aromatic rings. The summed E-state index contributed by atoms with van der Waals surface area (Å²) < 4.78 is 4.40. The first-order valence-corrected chi connectivity index (χ1v) is 7.67. The molecular weight excluding hydrogens is 334 g/mol. The van der Waals surface area contributed by atoms with Crippen molar-refractivity contribution in [3.8, 4) is 0 Å². The first-order chi connectivity index (χ1) is 9.90. The Balaban J connectivity index is 1.84. The predicted octanol–water partition coefficient (Wildman–Crippen LogP) is 2.12. The molecule has 0 aromatic carbocycles. The van der Waals surface area contributed by atoms with Crippen molar-refractivity contribution in [3.05, 3.63) is 33.3 Å². The summed E-state index contributed by atoms with van der Waals surface area (Å²) in [5.41, 5.74) is 3.52. The van der Waals surface area contributed by atoms with Crippen LogP contribution in [0.3, 0.4) is 0 Å². The van der Waals surface area contributed by atoms with E-state index in [9.17, 15) is 4.79 Å². The van der Waals surface area contributed by atoms with E-state index in [0.717, 1.165) is 34.5 Å². The van der Waals surface area contributed by atoms with Crippen LogP contribution in [0.1, 0.15) is 34.0 Å². The zero-order valence-corrected chi connectivity index (χ0v) is 14.4. The highest BCUT2D eigenvalue weighted by Crippen LogP contribution is 2.19. The summed E-state index contributed by atoms with van der Waals surface area (Å²) in [7, 11) is 1.82. The van der Waals surface area contributed by atoms with Crippen LogP contribution in [-0.2, 0) is 13.6 Å². The summed E-state index contributed by atoms with van der Waals surface area (Å²) in [6.45, 7) is 7.32. The molecule has 0 unspecified atom stereocenters. The normalized spacial score (nSPS) is 10.9. The lowest BCUT2D eigenvalue weighted by atomic mass is 10.3. The molecule has 0 atom stereocenters. The van der Waals surface area contributed by atoms with Crippen LogP contribution < -0.4 is 5.32 Å². The number of rotatable bonds is 5. The Morgan fingerprint density at radius 1 is 1.33 bits per heavy atom. The Kier molecular flexibility index (Phi) is 4.82. The molecule has 21 heavy (non-hydrogen) atoms. The number of hydrogen-bond acceptors (Lipinski definition) is 3. The highest BCUT2D eigenvalue weighted by Gasteiger charge is 2.17. The molecule has 1 amide bonds. The predicted molar refractivity (Wildman–Crippen MR) is 84.3 cm³/mol. The number of nitrogens with one attached hydrogen (secondary N) is 1. The fourth-order valence-electron chi connectivity index (χ4n) is 2.14. The molecule has 114 valence electrons. The van der Waals surface area contributed by atoms with E-state index in [1.54, 1.807) is 4.68 Å². The maximum absolute atomic E-state index is 12.1. The van der Waals surface area contributed by atoms with Gasteiger partial charge in [-0.2, -0.15) is 10.2 Å². The first-order valence-electron chi connectivity index (χ1n) is 6.88. The molecule has 0 saturated heterocycles. The van der Waals surface area contributed by atoms with Gasteiger partial charge in [0.25, 0.3) is 5.91 Å². The van der Waals surface area contributed by atoms with E-state index in [2.05, 4.69) is 31.4 Å². The summed E-state index contributed by atoms with van der Waals surface area (Å²) in [6, 6.07) is 2.05. The number of nitrogens with zero attached hydrogens (tertiary/aromatic N) is 4. The minimum Gasteiger partial charge on any atom is -0.351 e. The van der Waals surface area contributed by atoms with Crippen LogP contribution in [0.2, 0.25) is 0 Å². The SMILES string of the molecule is Cc1cc(C)n(CCCNC(=O)c2nn(C)c(C)c2Br)n1. The van der Waals surface area contributed by atoms with Gasteiger partial charge in [0.15, 0.2) is 5.69 Å². The van der Waals surface area contributed by atoms with Gasteiger partial charge in [-0.3, -0.25) is 14.2 Å². The topological polar surface area (TPSA) is 64.7 Å².